The number of halogens is 1. The average Bonchev–Trinajstić information content (AvgIpc) is 2.79. The van der Waals surface area contributed by atoms with Gasteiger partial charge < -0.3 is 20.3 Å². The zero-order valence-electron chi connectivity index (χ0n) is 17.7. The lowest BCUT2D eigenvalue weighted by Gasteiger charge is -2.20. The van der Waals surface area contributed by atoms with Gasteiger partial charge >= 0.3 is 0 Å². The third-order valence-corrected chi connectivity index (χ3v) is 5.26. The summed E-state index contributed by atoms with van der Waals surface area (Å²) < 4.78 is 5.75. The summed E-state index contributed by atoms with van der Waals surface area (Å²) in [4.78, 5) is 27.1. The number of fused-ring (bicyclic) bond motifs is 1. The summed E-state index contributed by atoms with van der Waals surface area (Å²) in [5.74, 6) is 0.0195. The van der Waals surface area contributed by atoms with Gasteiger partial charge in [0.25, 0.3) is 11.8 Å². The highest BCUT2D eigenvalue weighted by Gasteiger charge is 2.23. The third-order valence-electron chi connectivity index (χ3n) is 5.01. The summed E-state index contributed by atoms with van der Waals surface area (Å²) in [6.45, 7) is 0.403. The highest BCUT2D eigenvalue weighted by molar-refractivity contribution is 6.30. The Kier molecular flexibility index (Phi) is 6.14. The fourth-order valence-electron chi connectivity index (χ4n) is 3.21. The third kappa shape index (κ3) is 4.92. The number of nitrogens with one attached hydrogen (secondary N) is 2. The first-order valence-corrected chi connectivity index (χ1v) is 10.4. The Morgan fingerprint density at radius 2 is 1.78 bits per heavy atom. The number of carbonyl (C=O) groups is 2. The van der Waals surface area contributed by atoms with Crippen LogP contribution in [0.1, 0.15) is 21.5 Å². The van der Waals surface area contributed by atoms with Crippen molar-refractivity contribution < 1.29 is 14.3 Å². The number of benzene rings is 3. The minimum absolute atomic E-state index is 0.165. The van der Waals surface area contributed by atoms with Crippen molar-refractivity contribution in [3.63, 3.8) is 0 Å². The molecule has 0 aromatic heterocycles. The number of anilines is 2. The summed E-state index contributed by atoms with van der Waals surface area (Å²) in [6, 6.07) is 20.0. The number of hydrogen-bond acceptors (Lipinski definition) is 4. The molecule has 0 saturated carbocycles. The summed E-state index contributed by atoms with van der Waals surface area (Å²) in [5.41, 5.74) is 3.76. The zero-order valence-corrected chi connectivity index (χ0v) is 18.4. The minimum Gasteiger partial charge on any atom is -0.449 e. The summed E-state index contributed by atoms with van der Waals surface area (Å²) in [7, 11) is 3.96. The topological polar surface area (TPSA) is 70.7 Å². The zero-order chi connectivity index (χ0) is 22.7. The summed E-state index contributed by atoms with van der Waals surface area (Å²) in [6.07, 6.45) is 1.64. The van der Waals surface area contributed by atoms with Crippen LogP contribution in [0.4, 0.5) is 11.4 Å². The first kappa shape index (κ1) is 21.5. The van der Waals surface area contributed by atoms with Gasteiger partial charge in [-0.1, -0.05) is 35.9 Å². The largest absolute Gasteiger partial charge is 0.449 e. The Hall–Kier alpha value is -3.77. The van der Waals surface area contributed by atoms with Gasteiger partial charge in [0, 0.05) is 36.9 Å². The molecule has 1 aliphatic heterocycles. The van der Waals surface area contributed by atoms with Crippen molar-refractivity contribution in [3.05, 3.63) is 94.2 Å². The van der Waals surface area contributed by atoms with Crippen LogP contribution in [-0.4, -0.2) is 25.9 Å². The van der Waals surface area contributed by atoms with Crippen LogP contribution in [0.3, 0.4) is 0 Å². The second-order valence-electron chi connectivity index (χ2n) is 7.57. The van der Waals surface area contributed by atoms with Gasteiger partial charge in [0.2, 0.25) is 0 Å². The molecule has 0 radical (unpaired) electrons. The molecule has 162 valence electrons. The van der Waals surface area contributed by atoms with Gasteiger partial charge in [-0.25, -0.2) is 0 Å². The highest BCUT2D eigenvalue weighted by Crippen LogP contribution is 2.32. The van der Waals surface area contributed by atoms with Gasteiger partial charge in [0.15, 0.2) is 11.5 Å². The van der Waals surface area contributed by atoms with E-state index < -0.39 is 0 Å². The van der Waals surface area contributed by atoms with Gasteiger partial charge in [-0.05, 0) is 59.7 Å². The van der Waals surface area contributed by atoms with Gasteiger partial charge in [-0.15, -0.1) is 0 Å². The normalized spacial score (nSPS) is 13.7. The quantitative estimate of drug-likeness (QED) is 0.556. The van der Waals surface area contributed by atoms with Crippen molar-refractivity contribution in [3.8, 4) is 5.75 Å². The Labute approximate surface area is 191 Å². The number of amides is 2. The molecule has 0 aliphatic carbocycles. The molecule has 0 bridgehead atoms. The van der Waals surface area contributed by atoms with E-state index in [1.165, 1.54) is 0 Å². The van der Waals surface area contributed by atoms with E-state index in [0.717, 1.165) is 16.8 Å². The maximum atomic E-state index is 12.6. The van der Waals surface area contributed by atoms with Crippen molar-refractivity contribution in [2.75, 3.05) is 24.3 Å². The predicted molar refractivity (Wildman–Crippen MR) is 127 cm³/mol. The summed E-state index contributed by atoms with van der Waals surface area (Å²) >= 11 is 5.90. The molecule has 0 saturated heterocycles. The molecule has 4 rings (SSSR count). The lowest BCUT2D eigenvalue weighted by Crippen LogP contribution is -2.25. The first-order chi connectivity index (χ1) is 15.4. The molecule has 0 fully saturated rings. The monoisotopic (exact) mass is 447 g/mol. The highest BCUT2D eigenvalue weighted by atomic mass is 35.5. The van der Waals surface area contributed by atoms with E-state index in [0.29, 0.717) is 28.6 Å². The molecule has 3 aromatic rings. The molecule has 0 spiro atoms. The van der Waals surface area contributed by atoms with E-state index in [9.17, 15) is 9.59 Å². The molecule has 1 aliphatic rings. The van der Waals surface area contributed by atoms with E-state index in [2.05, 4.69) is 10.6 Å². The lowest BCUT2D eigenvalue weighted by molar-refractivity contribution is -0.115. The Bertz CT molecular complexity index is 1190. The second kappa shape index (κ2) is 9.16. The minimum atomic E-state index is -0.383. The molecular formula is C25H22ClN3O3. The van der Waals surface area contributed by atoms with Crippen molar-refractivity contribution in [2.24, 2.45) is 0 Å². The van der Waals surface area contributed by atoms with E-state index in [1.807, 2.05) is 43.3 Å². The Morgan fingerprint density at radius 1 is 1.06 bits per heavy atom. The van der Waals surface area contributed by atoms with E-state index in [-0.39, 0.29) is 17.6 Å². The second-order valence-corrected chi connectivity index (χ2v) is 8.01. The van der Waals surface area contributed by atoms with Crippen molar-refractivity contribution in [2.45, 2.75) is 6.54 Å². The molecule has 32 heavy (non-hydrogen) atoms. The smallest absolute Gasteiger partial charge is 0.291 e. The number of carbonyl (C=O) groups excluding carboxylic acids is 2. The van der Waals surface area contributed by atoms with Crippen LogP contribution in [0.5, 0.6) is 5.75 Å². The molecule has 2 amide bonds. The van der Waals surface area contributed by atoms with Gasteiger partial charge in [-0.2, -0.15) is 0 Å². The van der Waals surface area contributed by atoms with Crippen molar-refractivity contribution >= 4 is 40.9 Å². The van der Waals surface area contributed by atoms with Crippen LogP contribution in [0, 0.1) is 0 Å². The van der Waals surface area contributed by atoms with Crippen LogP contribution in [0.15, 0.2) is 72.5 Å². The van der Waals surface area contributed by atoms with Gasteiger partial charge in [0.1, 0.15) is 0 Å². The van der Waals surface area contributed by atoms with Gasteiger partial charge in [0.05, 0.1) is 5.69 Å². The molecule has 0 atom stereocenters. The fraction of sp³-hybridized carbons (Fsp3) is 0.120. The Balaban J connectivity index is 1.43. The fourth-order valence-corrected chi connectivity index (χ4v) is 3.33. The van der Waals surface area contributed by atoms with E-state index in [1.54, 1.807) is 48.5 Å². The van der Waals surface area contributed by atoms with Crippen LogP contribution < -0.4 is 20.3 Å². The van der Waals surface area contributed by atoms with Crippen molar-refractivity contribution in [1.82, 2.24) is 5.32 Å². The van der Waals surface area contributed by atoms with Crippen LogP contribution >= 0.6 is 11.6 Å². The van der Waals surface area contributed by atoms with Gasteiger partial charge in [-0.3, -0.25) is 9.59 Å². The van der Waals surface area contributed by atoms with Crippen molar-refractivity contribution in [1.29, 1.82) is 0 Å². The van der Waals surface area contributed by atoms with E-state index >= 15 is 0 Å². The van der Waals surface area contributed by atoms with E-state index in [4.69, 9.17) is 16.3 Å². The average molecular weight is 448 g/mol. The molecule has 1 heterocycles. The maximum absolute atomic E-state index is 12.6. The Morgan fingerprint density at radius 3 is 2.47 bits per heavy atom. The van der Waals surface area contributed by atoms with Crippen LogP contribution in [0.25, 0.3) is 6.08 Å². The first-order valence-electron chi connectivity index (χ1n) is 10.0. The molecular weight excluding hydrogens is 426 g/mol. The van der Waals surface area contributed by atoms with Crippen LogP contribution in [-0.2, 0) is 11.3 Å². The summed E-state index contributed by atoms with van der Waals surface area (Å²) in [5, 5.41) is 6.30. The number of hydrogen-bond donors (Lipinski definition) is 2. The molecule has 6 nitrogen and oxygen atoms in total. The lowest BCUT2D eigenvalue weighted by atomic mass is 10.1. The maximum Gasteiger partial charge on any atom is 0.291 e. The molecule has 3 aromatic carbocycles. The number of nitrogens with zero attached hydrogens (tertiary/aromatic N) is 1. The number of ether oxygens (including phenoxy) is 1. The molecule has 2 N–H and O–H groups in total. The molecule has 7 heteroatoms. The standard InChI is InChI=1S/C25H22ClN3O3/c1-29(2)20-10-5-17(6-11-20)15-27-24(30)18-7-12-22-21(14-18)28-25(31)23(32-22)13-16-3-8-19(26)9-4-16/h3-14H,15H2,1-2H3,(H,27,30)(H,28,31)/b23-13+. The number of rotatable bonds is 5. The van der Waals surface area contributed by atoms with Crippen LogP contribution in [0.2, 0.25) is 5.02 Å². The SMILES string of the molecule is CN(C)c1ccc(CNC(=O)c2ccc3c(c2)NC(=O)/C(=C\c2ccc(Cl)cc2)O3)cc1. The predicted octanol–water partition coefficient (Wildman–Crippen LogP) is 4.71. The molecule has 0 unspecified atom stereocenters.